The van der Waals surface area contributed by atoms with Gasteiger partial charge >= 0.3 is 0 Å². The summed E-state index contributed by atoms with van der Waals surface area (Å²) >= 11 is 5.99. The summed E-state index contributed by atoms with van der Waals surface area (Å²) in [6.07, 6.45) is 0. The minimum Gasteiger partial charge on any atom is -0.496 e. The van der Waals surface area contributed by atoms with E-state index in [2.05, 4.69) is 5.32 Å². The smallest absolute Gasteiger partial charge is 0.278 e. The van der Waals surface area contributed by atoms with Crippen LogP contribution in [0, 0.1) is 6.92 Å². The van der Waals surface area contributed by atoms with E-state index in [-0.39, 0.29) is 17.8 Å². The first-order valence-electron chi connectivity index (χ1n) is 10.3. The van der Waals surface area contributed by atoms with E-state index in [1.807, 2.05) is 31.2 Å². The number of methoxy groups -OCH3 is 2. The second-order valence-corrected chi connectivity index (χ2v) is 8.04. The number of hydrogen-bond donors (Lipinski definition) is 1. The molecule has 6 nitrogen and oxygen atoms in total. The number of halogens is 1. The second-order valence-electron chi connectivity index (χ2n) is 7.60. The van der Waals surface area contributed by atoms with Crippen LogP contribution in [0.25, 0.3) is 5.57 Å². The molecule has 4 rings (SSSR count). The predicted molar refractivity (Wildman–Crippen MR) is 128 cm³/mol. The number of ether oxygens (including phenoxy) is 2. The maximum absolute atomic E-state index is 13.6. The highest BCUT2D eigenvalue weighted by molar-refractivity contribution is 6.37. The molecule has 3 aromatic rings. The maximum atomic E-state index is 13.6. The van der Waals surface area contributed by atoms with Crippen molar-refractivity contribution in [2.45, 2.75) is 13.5 Å². The zero-order valence-corrected chi connectivity index (χ0v) is 19.3. The van der Waals surface area contributed by atoms with Gasteiger partial charge in [0.15, 0.2) is 0 Å². The first kappa shape index (κ1) is 22.4. The lowest BCUT2D eigenvalue weighted by molar-refractivity contribution is -0.137. The van der Waals surface area contributed by atoms with Gasteiger partial charge in [-0.3, -0.25) is 14.5 Å². The Labute approximate surface area is 197 Å². The van der Waals surface area contributed by atoms with Crippen molar-refractivity contribution < 1.29 is 19.1 Å². The van der Waals surface area contributed by atoms with E-state index in [1.54, 1.807) is 49.6 Å². The topological polar surface area (TPSA) is 67.9 Å². The van der Waals surface area contributed by atoms with Crippen molar-refractivity contribution in [2.24, 2.45) is 0 Å². The van der Waals surface area contributed by atoms with Crippen molar-refractivity contribution >= 4 is 34.7 Å². The molecule has 2 amide bonds. The standard InChI is InChI=1S/C26H23ClN2O4/c1-16-8-13-22(33-3)20(14-16)28-24-23(19-6-4-5-7-21(19)32-2)25(30)29(26(24)31)15-17-9-11-18(27)12-10-17/h4-14,28H,15H2,1-3H3. The summed E-state index contributed by atoms with van der Waals surface area (Å²) in [7, 11) is 3.09. The number of para-hydroxylation sites is 1. The molecule has 3 aromatic carbocycles. The van der Waals surface area contributed by atoms with Crippen molar-refractivity contribution in [2.75, 3.05) is 19.5 Å². The second kappa shape index (κ2) is 9.38. The van der Waals surface area contributed by atoms with E-state index < -0.39 is 11.8 Å². The number of carbonyl (C=O) groups is 2. The van der Waals surface area contributed by atoms with Gasteiger partial charge in [0, 0.05) is 10.6 Å². The molecule has 0 radical (unpaired) electrons. The highest BCUT2D eigenvalue weighted by atomic mass is 35.5. The molecule has 1 aliphatic rings. The summed E-state index contributed by atoms with van der Waals surface area (Å²) in [4.78, 5) is 28.3. The van der Waals surface area contributed by atoms with Crippen LogP contribution in [0.15, 0.2) is 72.4 Å². The third-order valence-corrected chi connectivity index (χ3v) is 5.66. The Hall–Kier alpha value is -3.77. The molecule has 0 saturated heterocycles. The van der Waals surface area contributed by atoms with E-state index in [4.69, 9.17) is 21.1 Å². The van der Waals surface area contributed by atoms with Crippen molar-refractivity contribution in [1.82, 2.24) is 4.90 Å². The maximum Gasteiger partial charge on any atom is 0.278 e. The van der Waals surface area contributed by atoms with Crippen LogP contribution >= 0.6 is 11.6 Å². The van der Waals surface area contributed by atoms with Crippen LogP contribution in [0.3, 0.4) is 0 Å². The van der Waals surface area contributed by atoms with E-state index in [9.17, 15) is 9.59 Å². The fourth-order valence-corrected chi connectivity index (χ4v) is 3.89. The molecule has 168 valence electrons. The number of aryl methyl sites for hydroxylation is 1. The molecule has 7 heteroatoms. The van der Waals surface area contributed by atoms with Gasteiger partial charge in [-0.2, -0.15) is 0 Å². The number of benzene rings is 3. The molecule has 0 atom stereocenters. The van der Waals surface area contributed by atoms with Gasteiger partial charge in [-0.25, -0.2) is 0 Å². The van der Waals surface area contributed by atoms with Crippen molar-refractivity contribution in [3.05, 3.63) is 94.1 Å². The summed E-state index contributed by atoms with van der Waals surface area (Å²) < 4.78 is 10.9. The van der Waals surface area contributed by atoms with Crippen LogP contribution in [-0.2, 0) is 16.1 Å². The van der Waals surface area contributed by atoms with Crippen LogP contribution < -0.4 is 14.8 Å². The van der Waals surface area contributed by atoms with Crippen molar-refractivity contribution in [1.29, 1.82) is 0 Å². The molecular weight excluding hydrogens is 440 g/mol. The molecule has 1 aliphatic heterocycles. The first-order valence-corrected chi connectivity index (χ1v) is 10.7. The zero-order chi connectivity index (χ0) is 23.5. The third kappa shape index (κ3) is 4.43. The van der Waals surface area contributed by atoms with Crippen LogP contribution in [0.4, 0.5) is 5.69 Å². The molecule has 1 heterocycles. The summed E-state index contributed by atoms with van der Waals surface area (Å²) in [5.74, 6) is 0.217. The Balaban J connectivity index is 1.81. The Morgan fingerprint density at radius 2 is 1.58 bits per heavy atom. The number of nitrogens with zero attached hydrogens (tertiary/aromatic N) is 1. The molecule has 0 aromatic heterocycles. The summed E-state index contributed by atoms with van der Waals surface area (Å²) in [6, 6.07) is 19.8. The Morgan fingerprint density at radius 1 is 0.879 bits per heavy atom. The van der Waals surface area contributed by atoms with E-state index in [0.717, 1.165) is 11.1 Å². The van der Waals surface area contributed by atoms with Gasteiger partial charge in [-0.05, 0) is 48.4 Å². The molecule has 0 saturated carbocycles. The summed E-state index contributed by atoms with van der Waals surface area (Å²) in [6.45, 7) is 2.05. The van der Waals surface area contributed by atoms with E-state index >= 15 is 0 Å². The van der Waals surface area contributed by atoms with Crippen molar-refractivity contribution in [3.8, 4) is 11.5 Å². The van der Waals surface area contributed by atoms with Gasteiger partial charge in [0.2, 0.25) is 0 Å². The van der Waals surface area contributed by atoms with E-state index in [1.165, 1.54) is 12.0 Å². The quantitative estimate of drug-likeness (QED) is 0.497. The van der Waals surface area contributed by atoms with Crippen LogP contribution in [0.1, 0.15) is 16.7 Å². The average Bonchev–Trinajstić information content (AvgIpc) is 3.04. The lowest BCUT2D eigenvalue weighted by atomic mass is 10.0. The number of rotatable bonds is 7. The lowest BCUT2D eigenvalue weighted by Gasteiger charge is -2.16. The first-order chi connectivity index (χ1) is 15.9. The Kier molecular flexibility index (Phi) is 6.38. The van der Waals surface area contributed by atoms with E-state index in [0.29, 0.717) is 27.8 Å². The molecule has 0 fully saturated rings. The number of amides is 2. The van der Waals surface area contributed by atoms with Gasteiger partial charge < -0.3 is 14.8 Å². The molecular formula is C26H23ClN2O4. The molecule has 33 heavy (non-hydrogen) atoms. The highest BCUT2D eigenvalue weighted by Crippen LogP contribution is 2.37. The summed E-state index contributed by atoms with van der Waals surface area (Å²) in [5, 5.41) is 3.76. The number of imide groups is 1. The van der Waals surface area contributed by atoms with Gasteiger partial charge in [0.25, 0.3) is 11.8 Å². The predicted octanol–water partition coefficient (Wildman–Crippen LogP) is 5.06. The molecule has 0 aliphatic carbocycles. The highest BCUT2D eigenvalue weighted by Gasteiger charge is 2.40. The SMILES string of the molecule is COc1ccc(C)cc1NC1=C(c2ccccc2OC)C(=O)N(Cc2ccc(Cl)cc2)C1=O. The minimum atomic E-state index is -0.431. The van der Waals surface area contributed by atoms with Gasteiger partial charge in [-0.15, -0.1) is 0 Å². The number of anilines is 1. The Bertz CT molecular complexity index is 1250. The monoisotopic (exact) mass is 462 g/mol. The molecule has 0 bridgehead atoms. The molecule has 0 unspecified atom stereocenters. The third-order valence-electron chi connectivity index (χ3n) is 5.41. The molecule has 1 N–H and O–H groups in total. The molecule has 0 spiro atoms. The number of carbonyl (C=O) groups excluding carboxylic acids is 2. The number of hydrogen-bond acceptors (Lipinski definition) is 5. The van der Waals surface area contributed by atoms with Gasteiger partial charge in [0.1, 0.15) is 17.2 Å². The largest absolute Gasteiger partial charge is 0.496 e. The van der Waals surface area contributed by atoms with Crippen molar-refractivity contribution in [3.63, 3.8) is 0 Å². The van der Waals surface area contributed by atoms with Gasteiger partial charge in [0.05, 0.1) is 32.0 Å². The van der Waals surface area contributed by atoms with Crippen LogP contribution in [-0.4, -0.2) is 30.9 Å². The fraction of sp³-hybridized carbons (Fsp3) is 0.154. The number of nitrogens with one attached hydrogen (secondary N) is 1. The summed E-state index contributed by atoms with van der Waals surface area (Å²) in [5.41, 5.74) is 3.31. The zero-order valence-electron chi connectivity index (χ0n) is 18.5. The normalized spacial score (nSPS) is 13.5. The van der Waals surface area contributed by atoms with Crippen LogP contribution in [0.5, 0.6) is 11.5 Å². The fourth-order valence-electron chi connectivity index (χ4n) is 3.76. The van der Waals surface area contributed by atoms with Gasteiger partial charge in [-0.1, -0.05) is 48.0 Å². The Morgan fingerprint density at radius 3 is 2.27 bits per heavy atom. The van der Waals surface area contributed by atoms with Crippen LogP contribution in [0.2, 0.25) is 5.02 Å². The lowest BCUT2D eigenvalue weighted by Crippen LogP contribution is -2.32. The minimum absolute atomic E-state index is 0.115. The average molecular weight is 463 g/mol.